The SMILES string of the molecule is COc1ccc(-c2cc3c(C)cccn3c2C=O)c(Br)c1. The number of pyridine rings is 1. The molecule has 2 aromatic heterocycles. The molecule has 0 spiro atoms. The van der Waals surface area contributed by atoms with Crippen LogP contribution in [0.1, 0.15) is 16.1 Å². The molecular formula is C17H14BrNO2. The smallest absolute Gasteiger partial charge is 0.167 e. The van der Waals surface area contributed by atoms with E-state index in [1.807, 2.05) is 53.9 Å². The number of aryl methyl sites for hydroxylation is 1. The largest absolute Gasteiger partial charge is 0.497 e. The van der Waals surface area contributed by atoms with Crippen LogP contribution >= 0.6 is 15.9 Å². The fourth-order valence-corrected chi connectivity index (χ4v) is 3.11. The zero-order valence-corrected chi connectivity index (χ0v) is 13.3. The second-order valence-electron chi connectivity index (χ2n) is 4.85. The van der Waals surface area contributed by atoms with Gasteiger partial charge in [-0.05, 0) is 48.4 Å². The van der Waals surface area contributed by atoms with Gasteiger partial charge in [-0.25, -0.2) is 0 Å². The highest BCUT2D eigenvalue weighted by molar-refractivity contribution is 9.10. The molecule has 4 heteroatoms. The summed E-state index contributed by atoms with van der Waals surface area (Å²) >= 11 is 3.56. The summed E-state index contributed by atoms with van der Waals surface area (Å²) in [6.45, 7) is 2.04. The summed E-state index contributed by atoms with van der Waals surface area (Å²) in [6, 6.07) is 11.8. The Hall–Kier alpha value is -2.07. The van der Waals surface area contributed by atoms with Gasteiger partial charge in [0.1, 0.15) is 5.75 Å². The highest BCUT2D eigenvalue weighted by Crippen LogP contribution is 2.35. The van der Waals surface area contributed by atoms with Gasteiger partial charge in [-0.3, -0.25) is 4.79 Å². The predicted molar refractivity (Wildman–Crippen MR) is 87.2 cm³/mol. The minimum absolute atomic E-state index is 0.652. The lowest BCUT2D eigenvalue weighted by Crippen LogP contribution is -1.93. The average molecular weight is 344 g/mol. The molecule has 0 saturated heterocycles. The highest BCUT2D eigenvalue weighted by Gasteiger charge is 2.15. The molecule has 0 radical (unpaired) electrons. The van der Waals surface area contributed by atoms with Gasteiger partial charge in [-0.1, -0.05) is 22.0 Å². The van der Waals surface area contributed by atoms with Crippen molar-refractivity contribution < 1.29 is 9.53 Å². The number of rotatable bonds is 3. The van der Waals surface area contributed by atoms with Crippen molar-refractivity contribution in [3.63, 3.8) is 0 Å². The molecule has 3 nitrogen and oxygen atoms in total. The van der Waals surface area contributed by atoms with E-state index >= 15 is 0 Å². The Morgan fingerprint density at radius 2 is 2.00 bits per heavy atom. The lowest BCUT2D eigenvalue weighted by Gasteiger charge is -2.06. The maximum atomic E-state index is 11.6. The van der Waals surface area contributed by atoms with Crippen molar-refractivity contribution in [2.75, 3.05) is 7.11 Å². The normalized spacial score (nSPS) is 10.8. The van der Waals surface area contributed by atoms with Crippen LogP contribution in [0.4, 0.5) is 0 Å². The van der Waals surface area contributed by atoms with Crippen LogP contribution in [0.5, 0.6) is 5.75 Å². The molecule has 0 bridgehead atoms. The highest BCUT2D eigenvalue weighted by atomic mass is 79.9. The topological polar surface area (TPSA) is 30.7 Å². The lowest BCUT2D eigenvalue weighted by atomic mass is 10.1. The summed E-state index contributed by atoms with van der Waals surface area (Å²) < 4.78 is 8.04. The van der Waals surface area contributed by atoms with E-state index in [0.29, 0.717) is 5.69 Å². The molecule has 0 aliphatic heterocycles. The number of halogens is 1. The van der Waals surface area contributed by atoms with Crippen LogP contribution < -0.4 is 4.74 Å². The zero-order valence-electron chi connectivity index (χ0n) is 11.8. The van der Waals surface area contributed by atoms with E-state index < -0.39 is 0 Å². The van der Waals surface area contributed by atoms with Gasteiger partial charge in [0.15, 0.2) is 6.29 Å². The number of ether oxygens (including phenoxy) is 1. The summed E-state index contributed by atoms with van der Waals surface area (Å²) in [6.07, 6.45) is 2.81. The number of fused-ring (bicyclic) bond motifs is 1. The quantitative estimate of drug-likeness (QED) is 0.655. The van der Waals surface area contributed by atoms with Gasteiger partial charge in [-0.15, -0.1) is 0 Å². The first-order chi connectivity index (χ1) is 10.2. The number of carbonyl (C=O) groups excluding carboxylic acids is 1. The molecule has 21 heavy (non-hydrogen) atoms. The monoisotopic (exact) mass is 343 g/mol. The van der Waals surface area contributed by atoms with E-state index in [1.165, 1.54) is 0 Å². The van der Waals surface area contributed by atoms with Crippen LogP contribution in [-0.4, -0.2) is 17.8 Å². The fourth-order valence-electron chi connectivity index (χ4n) is 2.54. The van der Waals surface area contributed by atoms with Gasteiger partial charge in [0.2, 0.25) is 0 Å². The van der Waals surface area contributed by atoms with E-state index in [2.05, 4.69) is 15.9 Å². The molecule has 1 aromatic carbocycles. The molecule has 106 valence electrons. The second-order valence-corrected chi connectivity index (χ2v) is 5.71. The van der Waals surface area contributed by atoms with E-state index in [1.54, 1.807) is 7.11 Å². The van der Waals surface area contributed by atoms with Gasteiger partial charge in [0.05, 0.1) is 12.8 Å². The Balaban J connectivity index is 2.30. The third kappa shape index (κ3) is 2.25. The number of benzene rings is 1. The number of nitrogens with zero attached hydrogens (tertiary/aromatic N) is 1. The third-order valence-corrected chi connectivity index (χ3v) is 4.30. The second kappa shape index (κ2) is 5.37. The molecule has 0 unspecified atom stereocenters. The molecule has 0 aliphatic carbocycles. The Morgan fingerprint density at radius 1 is 1.19 bits per heavy atom. The standard InChI is InChI=1S/C17H14BrNO2/c1-11-4-3-7-19-16(11)9-14(17(19)10-20)13-6-5-12(21-2)8-15(13)18/h3-10H,1-2H3. The van der Waals surface area contributed by atoms with Crippen LogP contribution in [0.25, 0.3) is 16.6 Å². The molecule has 0 atom stereocenters. The van der Waals surface area contributed by atoms with E-state index in [0.717, 1.165) is 38.7 Å². The first-order valence-corrected chi connectivity index (χ1v) is 7.34. The molecular weight excluding hydrogens is 330 g/mol. The summed E-state index contributed by atoms with van der Waals surface area (Å²) in [4.78, 5) is 11.6. The summed E-state index contributed by atoms with van der Waals surface area (Å²) in [5.41, 5.74) is 4.71. The number of aldehydes is 1. The predicted octanol–water partition coefficient (Wildman–Crippen LogP) is 4.50. The van der Waals surface area contributed by atoms with Crippen molar-refractivity contribution in [2.24, 2.45) is 0 Å². The fraction of sp³-hybridized carbons (Fsp3) is 0.118. The summed E-state index contributed by atoms with van der Waals surface area (Å²) in [5.74, 6) is 0.776. The van der Waals surface area contributed by atoms with Crippen LogP contribution in [0, 0.1) is 6.92 Å². The van der Waals surface area contributed by atoms with Crippen molar-refractivity contribution in [1.82, 2.24) is 4.40 Å². The lowest BCUT2D eigenvalue weighted by molar-refractivity contribution is 0.111. The molecule has 3 rings (SSSR count). The van der Waals surface area contributed by atoms with Crippen LogP contribution in [0.3, 0.4) is 0 Å². The third-order valence-electron chi connectivity index (χ3n) is 3.64. The number of hydrogen-bond acceptors (Lipinski definition) is 2. The van der Waals surface area contributed by atoms with Gasteiger partial charge in [0, 0.05) is 21.7 Å². The van der Waals surface area contributed by atoms with Crippen LogP contribution in [0.2, 0.25) is 0 Å². The van der Waals surface area contributed by atoms with Crippen molar-refractivity contribution in [3.8, 4) is 16.9 Å². The van der Waals surface area contributed by atoms with Crippen molar-refractivity contribution in [2.45, 2.75) is 6.92 Å². The number of carbonyl (C=O) groups is 1. The maximum Gasteiger partial charge on any atom is 0.167 e. The van der Waals surface area contributed by atoms with Crippen molar-refractivity contribution in [3.05, 3.63) is 58.3 Å². The molecule has 0 amide bonds. The van der Waals surface area contributed by atoms with Gasteiger partial charge < -0.3 is 9.14 Å². The molecule has 0 N–H and O–H groups in total. The summed E-state index contributed by atoms with van der Waals surface area (Å²) in [5, 5.41) is 0. The maximum absolute atomic E-state index is 11.6. The van der Waals surface area contributed by atoms with Crippen molar-refractivity contribution in [1.29, 1.82) is 0 Å². The van der Waals surface area contributed by atoms with Gasteiger partial charge in [0.25, 0.3) is 0 Å². The Kier molecular flexibility index (Phi) is 3.55. The molecule has 0 aliphatic rings. The number of aromatic nitrogens is 1. The number of hydrogen-bond donors (Lipinski definition) is 0. The van der Waals surface area contributed by atoms with E-state index in [9.17, 15) is 4.79 Å². The zero-order chi connectivity index (χ0) is 15.0. The van der Waals surface area contributed by atoms with Crippen molar-refractivity contribution >= 4 is 27.7 Å². The Bertz CT molecular complexity index is 836. The van der Waals surface area contributed by atoms with Gasteiger partial charge >= 0.3 is 0 Å². The molecule has 0 fully saturated rings. The van der Waals surface area contributed by atoms with Gasteiger partial charge in [-0.2, -0.15) is 0 Å². The summed E-state index contributed by atoms with van der Waals surface area (Å²) in [7, 11) is 1.63. The molecule has 0 saturated carbocycles. The first kappa shape index (κ1) is 13.9. The average Bonchev–Trinajstić information content (AvgIpc) is 2.86. The minimum atomic E-state index is 0.652. The molecule has 3 aromatic rings. The van der Waals surface area contributed by atoms with E-state index in [-0.39, 0.29) is 0 Å². The van der Waals surface area contributed by atoms with Crippen LogP contribution in [0.15, 0.2) is 47.1 Å². The first-order valence-electron chi connectivity index (χ1n) is 6.55. The Morgan fingerprint density at radius 3 is 2.67 bits per heavy atom. The minimum Gasteiger partial charge on any atom is -0.497 e. The van der Waals surface area contributed by atoms with Crippen LogP contribution in [-0.2, 0) is 0 Å². The molecule has 2 heterocycles. The number of methoxy groups -OCH3 is 1. The Labute approximate surface area is 131 Å². The van der Waals surface area contributed by atoms with E-state index in [4.69, 9.17) is 4.74 Å².